The molecule has 4 heteroatoms. The molecule has 0 aliphatic carbocycles. The predicted octanol–water partition coefficient (Wildman–Crippen LogP) is 5.76. The lowest BCUT2D eigenvalue weighted by atomic mass is 9.97. The Morgan fingerprint density at radius 2 is 1.75 bits per heavy atom. The maximum Gasteiger partial charge on any atom is 0.127 e. The molecule has 0 bridgehead atoms. The average Bonchev–Trinajstić information content (AvgIpc) is 3.12. The fourth-order valence-corrected chi connectivity index (χ4v) is 3.72. The second kappa shape index (κ2) is 6.50. The lowest BCUT2D eigenvalue weighted by Gasteiger charge is -2.11. The first-order valence-electron chi connectivity index (χ1n) is 9.20. The van der Waals surface area contributed by atoms with Crippen molar-refractivity contribution in [2.24, 2.45) is 0 Å². The van der Waals surface area contributed by atoms with Gasteiger partial charge in [-0.25, -0.2) is 0 Å². The van der Waals surface area contributed by atoms with E-state index in [0.29, 0.717) is 0 Å². The normalized spacial score (nSPS) is 11.2. The van der Waals surface area contributed by atoms with Gasteiger partial charge in [0.05, 0.1) is 24.5 Å². The number of pyridine rings is 2. The number of methoxy groups -OCH3 is 1. The van der Waals surface area contributed by atoms with E-state index in [1.54, 1.807) is 13.3 Å². The van der Waals surface area contributed by atoms with Crippen LogP contribution in [0.1, 0.15) is 5.56 Å². The molecule has 5 aromatic rings. The van der Waals surface area contributed by atoms with Crippen molar-refractivity contribution >= 4 is 21.8 Å². The Morgan fingerprint density at radius 1 is 0.893 bits per heavy atom. The van der Waals surface area contributed by atoms with Gasteiger partial charge in [-0.2, -0.15) is 0 Å². The molecule has 0 saturated carbocycles. The second-order valence-corrected chi connectivity index (χ2v) is 6.91. The van der Waals surface area contributed by atoms with E-state index >= 15 is 0 Å². The van der Waals surface area contributed by atoms with Crippen LogP contribution in [-0.2, 0) is 0 Å². The molecule has 2 aromatic carbocycles. The SMILES string of the molecule is COc1ccc2[nH]c3cnc(-c4cccnc4)cc3c2c1-c1ccc(C)cc1. The maximum absolute atomic E-state index is 5.73. The predicted molar refractivity (Wildman–Crippen MR) is 114 cm³/mol. The number of fused-ring (bicyclic) bond motifs is 3. The van der Waals surface area contributed by atoms with Crippen LogP contribution in [0.4, 0.5) is 0 Å². The Balaban J connectivity index is 1.85. The number of benzene rings is 2. The highest BCUT2D eigenvalue weighted by molar-refractivity contribution is 6.16. The van der Waals surface area contributed by atoms with E-state index in [1.165, 1.54) is 5.56 Å². The Bertz CT molecular complexity index is 1290. The van der Waals surface area contributed by atoms with Crippen LogP contribution in [0, 0.1) is 6.92 Å². The summed E-state index contributed by atoms with van der Waals surface area (Å²) in [5.74, 6) is 0.858. The molecule has 5 rings (SSSR count). The van der Waals surface area contributed by atoms with Crippen LogP contribution in [0.2, 0.25) is 0 Å². The van der Waals surface area contributed by atoms with E-state index in [9.17, 15) is 0 Å². The number of aromatic amines is 1. The fraction of sp³-hybridized carbons (Fsp3) is 0.0833. The molecule has 0 saturated heterocycles. The van der Waals surface area contributed by atoms with Crippen molar-refractivity contribution < 1.29 is 4.74 Å². The van der Waals surface area contributed by atoms with Crippen LogP contribution in [0.5, 0.6) is 5.75 Å². The van der Waals surface area contributed by atoms with Crippen LogP contribution in [0.15, 0.2) is 73.2 Å². The molecule has 0 aliphatic heterocycles. The molecule has 3 aromatic heterocycles. The van der Waals surface area contributed by atoms with Gasteiger partial charge in [-0.15, -0.1) is 0 Å². The van der Waals surface area contributed by atoms with Crippen LogP contribution >= 0.6 is 0 Å². The van der Waals surface area contributed by atoms with Gasteiger partial charge >= 0.3 is 0 Å². The van der Waals surface area contributed by atoms with Crippen molar-refractivity contribution in [2.45, 2.75) is 6.92 Å². The van der Waals surface area contributed by atoms with Gasteiger partial charge < -0.3 is 9.72 Å². The number of aromatic nitrogens is 3. The van der Waals surface area contributed by atoms with Crippen molar-refractivity contribution in [3.05, 3.63) is 78.8 Å². The maximum atomic E-state index is 5.73. The highest BCUT2D eigenvalue weighted by Gasteiger charge is 2.16. The first-order valence-corrected chi connectivity index (χ1v) is 9.20. The van der Waals surface area contributed by atoms with Gasteiger partial charge in [-0.1, -0.05) is 29.8 Å². The monoisotopic (exact) mass is 365 g/mol. The number of aryl methyl sites for hydroxylation is 1. The molecular formula is C24H19N3O. The summed E-state index contributed by atoms with van der Waals surface area (Å²) in [5.41, 5.74) is 7.43. The van der Waals surface area contributed by atoms with E-state index < -0.39 is 0 Å². The van der Waals surface area contributed by atoms with Gasteiger partial charge in [0.25, 0.3) is 0 Å². The molecule has 1 N–H and O–H groups in total. The van der Waals surface area contributed by atoms with Crippen molar-refractivity contribution in [3.8, 4) is 28.1 Å². The summed E-state index contributed by atoms with van der Waals surface area (Å²) in [4.78, 5) is 12.3. The number of hydrogen-bond donors (Lipinski definition) is 1. The Labute approximate surface area is 162 Å². The number of ether oxygens (including phenoxy) is 1. The van der Waals surface area contributed by atoms with Gasteiger partial charge in [-0.05, 0) is 42.8 Å². The van der Waals surface area contributed by atoms with Crippen LogP contribution in [-0.4, -0.2) is 22.1 Å². The minimum atomic E-state index is 0.858. The molecule has 0 atom stereocenters. The molecule has 4 nitrogen and oxygen atoms in total. The molecule has 0 unspecified atom stereocenters. The molecule has 28 heavy (non-hydrogen) atoms. The zero-order valence-electron chi connectivity index (χ0n) is 15.7. The van der Waals surface area contributed by atoms with E-state index in [1.807, 2.05) is 30.6 Å². The first-order chi connectivity index (χ1) is 13.7. The number of hydrogen-bond acceptors (Lipinski definition) is 3. The lowest BCUT2D eigenvalue weighted by molar-refractivity contribution is 0.417. The van der Waals surface area contributed by atoms with Gasteiger partial charge in [0.1, 0.15) is 5.75 Å². The minimum Gasteiger partial charge on any atom is -0.496 e. The topological polar surface area (TPSA) is 50.8 Å². The summed E-state index contributed by atoms with van der Waals surface area (Å²) in [6.07, 6.45) is 5.50. The fourth-order valence-electron chi connectivity index (χ4n) is 3.72. The van der Waals surface area contributed by atoms with Gasteiger partial charge in [0, 0.05) is 39.8 Å². The molecule has 0 fully saturated rings. The average molecular weight is 365 g/mol. The summed E-state index contributed by atoms with van der Waals surface area (Å²) < 4.78 is 5.73. The third-order valence-electron chi connectivity index (χ3n) is 5.13. The molecular weight excluding hydrogens is 346 g/mol. The van der Waals surface area contributed by atoms with Crippen molar-refractivity contribution in [3.63, 3.8) is 0 Å². The molecule has 0 radical (unpaired) electrons. The highest BCUT2D eigenvalue weighted by atomic mass is 16.5. The molecule has 136 valence electrons. The minimum absolute atomic E-state index is 0.858. The molecule has 0 spiro atoms. The van der Waals surface area contributed by atoms with Gasteiger partial charge in [0.2, 0.25) is 0 Å². The van der Waals surface area contributed by atoms with Gasteiger partial charge in [0.15, 0.2) is 0 Å². The number of nitrogens with zero attached hydrogens (tertiary/aromatic N) is 2. The molecule has 3 heterocycles. The van der Waals surface area contributed by atoms with Crippen molar-refractivity contribution in [2.75, 3.05) is 7.11 Å². The first kappa shape index (κ1) is 16.5. The number of nitrogens with one attached hydrogen (secondary N) is 1. The lowest BCUT2D eigenvalue weighted by Crippen LogP contribution is -1.89. The highest BCUT2D eigenvalue weighted by Crippen LogP contribution is 2.41. The molecule has 0 aliphatic rings. The second-order valence-electron chi connectivity index (χ2n) is 6.91. The summed E-state index contributed by atoms with van der Waals surface area (Å²) >= 11 is 0. The van der Waals surface area contributed by atoms with Crippen LogP contribution < -0.4 is 4.74 Å². The van der Waals surface area contributed by atoms with Crippen LogP contribution in [0.3, 0.4) is 0 Å². The summed E-state index contributed by atoms with van der Waals surface area (Å²) in [7, 11) is 1.72. The standard InChI is InChI=1S/C24H19N3O/c1-15-5-7-16(8-6-15)23-22(28-2)10-9-19-24(23)18-12-20(26-14-21(18)27-19)17-4-3-11-25-13-17/h3-14,27H,1-2H3. The Hall–Kier alpha value is -3.66. The number of H-pyrrole nitrogens is 1. The van der Waals surface area contributed by atoms with Crippen molar-refractivity contribution in [1.82, 2.24) is 15.0 Å². The van der Waals surface area contributed by atoms with E-state index in [2.05, 4.69) is 58.3 Å². The summed E-state index contributed by atoms with van der Waals surface area (Å²) in [6.45, 7) is 2.10. The zero-order valence-corrected chi connectivity index (χ0v) is 15.7. The number of rotatable bonds is 3. The third-order valence-corrected chi connectivity index (χ3v) is 5.13. The molecule has 0 amide bonds. The zero-order chi connectivity index (χ0) is 19.1. The van der Waals surface area contributed by atoms with E-state index in [4.69, 9.17) is 4.74 Å². The quantitative estimate of drug-likeness (QED) is 0.442. The smallest absolute Gasteiger partial charge is 0.127 e. The third kappa shape index (κ3) is 2.62. The summed E-state index contributed by atoms with van der Waals surface area (Å²) in [5, 5.41) is 2.27. The van der Waals surface area contributed by atoms with Crippen LogP contribution in [0.25, 0.3) is 44.2 Å². The summed E-state index contributed by atoms with van der Waals surface area (Å²) in [6, 6.07) is 18.7. The van der Waals surface area contributed by atoms with E-state index in [0.717, 1.165) is 49.9 Å². The largest absolute Gasteiger partial charge is 0.496 e. The van der Waals surface area contributed by atoms with E-state index in [-0.39, 0.29) is 0 Å². The Kier molecular flexibility index (Phi) is 3.83. The van der Waals surface area contributed by atoms with Gasteiger partial charge in [-0.3, -0.25) is 9.97 Å². The Morgan fingerprint density at radius 3 is 2.50 bits per heavy atom. The van der Waals surface area contributed by atoms with Crippen molar-refractivity contribution in [1.29, 1.82) is 0 Å².